The summed E-state index contributed by atoms with van der Waals surface area (Å²) in [6.45, 7) is 4.97. The summed E-state index contributed by atoms with van der Waals surface area (Å²) >= 11 is 0. The fourth-order valence-electron chi connectivity index (χ4n) is 3.74. The first-order valence-corrected chi connectivity index (χ1v) is 9.85. The molecule has 0 unspecified atom stereocenters. The van der Waals surface area contributed by atoms with Crippen LogP contribution in [0.2, 0.25) is 0 Å². The Morgan fingerprint density at radius 2 is 1.87 bits per heavy atom. The first kappa shape index (κ1) is 22.6. The molecule has 1 aliphatic heterocycles. The van der Waals surface area contributed by atoms with Crippen LogP contribution in [0, 0.1) is 12.7 Å². The Bertz CT molecular complexity index is 1080. The standard InChI is InChI=1S/C22H25FN6O.H2S/c1-14-21-19(27(3)15(2)22(30)28(21)4)9-20(26-14)24-10-17-11-25-29(13-17)12-16-5-7-18(23)8-6-16;/h5-9,11,13,15H,10,12H2,1-4H3,(H,24,26);1H2/t15-;/m0./s1. The zero-order valence-corrected chi connectivity index (χ0v) is 19.1. The maximum Gasteiger partial charge on any atom is 0.249 e. The SMILES string of the molecule is Cc1nc(NCc2cnn(Cc3ccc(F)cc3)c2)cc2c1N(C)C(=O)[C@H](C)N2C.S. The summed E-state index contributed by atoms with van der Waals surface area (Å²) in [6, 6.07) is 8.18. The van der Waals surface area contributed by atoms with Crippen LogP contribution in [0.5, 0.6) is 0 Å². The minimum atomic E-state index is -0.243. The van der Waals surface area contributed by atoms with Gasteiger partial charge in [0.05, 0.1) is 29.8 Å². The Morgan fingerprint density at radius 1 is 1.16 bits per heavy atom. The Hall–Kier alpha value is -3.07. The summed E-state index contributed by atoms with van der Waals surface area (Å²) in [5.74, 6) is 0.566. The maximum atomic E-state index is 13.1. The first-order valence-electron chi connectivity index (χ1n) is 9.85. The van der Waals surface area contributed by atoms with Crippen LogP contribution in [-0.4, -0.2) is 40.8 Å². The van der Waals surface area contributed by atoms with E-state index in [1.54, 1.807) is 24.1 Å². The number of fused-ring (bicyclic) bond motifs is 1. The topological polar surface area (TPSA) is 66.3 Å². The molecule has 1 N–H and O–H groups in total. The fourth-order valence-corrected chi connectivity index (χ4v) is 3.74. The predicted octanol–water partition coefficient (Wildman–Crippen LogP) is 3.30. The van der Waals surface area contributed by atoms with Crippen LogP contribution in [0.3, 0.4) is 0 Å². The molecule has 0 saturated carbocycles. The number of rotatable bonds is 5. The second kappa shape index (κ2) is 8.97. The van der Waals surface area contributed by atoms with E-state index >= 15 is 0 Å². The van der Waals surface area contributed by atoms with Gasteiger partial charge in [-0.05, 0) is 31.5 Å². The monoisotopic (exact) mass is 442 g/mol. The third-order valence-electron chi connectivity index (χ3n) is 5.55. The van der Waals surface area contributed by atoms with Gasteiger partial charge in [0.25, 0.3) is 0 Å². The summed E-state index contributed by atoms with van der Waals surface area (Å²) in [5.41, 5.74) is 4.63. The highest BCUT2D eigenvalue weighted by molar-refractivity contribution is 7.59. The van der Waals surface area contributed by atoms with Gasteiger partial charge in [0.2, 0.25) is 5.91 Å². The molecule has 31 heavy (non-hydrogen) atoms. The van der Waals surface area contributed by atoms with Crippen molar-refractivity contribution in [3.8, 4) is 0 Å². The summed E-state index contributed by atoms with van der Waals surface area (Å²) in [7, 11) is 3.72. The minimum Gasteiger partial charge on any atom is -0.366 e. The molecular weight excluding hydrogens is 415 g/mol. The first-order chi connectivity index (χ1) is 14.3. The molecule has 1 aliphatic rings. The van der Waals surface area contributed by atoms with E-state index in [1.165, 1.54) is 12.1 Å². The van der Waals surface area contributed by atoms with Gasteiger partial charge in [0.15, 0.2) is 0 Å². The molecule has 0 bridgehead atoms. The number of aryl methyl sites for hydroxylation is 1. The number of likely N-dealkylation sites (N-methyl/N-ethyl adjacent to an activating group) is 2. The van der Waals surface area contributed by atoms with Gasteiger partial charge in [0.1, 0.15) is 17.7 Å². The van der Waals surface area contributed by atoms with E-state index in [1.807, 2.05) is 48.9 Å². The van der Waals surface area contributed by atoms with Gasteiger partial charge in [-0.15, -0.1) is 0 Å². The van der Waals surface area contributed by atoms with Crippen LogP contribution in [0.4, 0.5) is 21.6 Å². The smallest absolute Gasteiger partial charge is 0.249 e. The highest BCUT2D eigenvalue weighted by atomic mass is 32.1. The average molecular weight is 443 g/mol. The lowest BCUT2D eigenvalue weighted by Crippen LogP contribution is -2.49. The van der Waals surface area contributed by atoms with Crippen molar-refractivity contribution < 1.29 is 9.18 Å². The largest absolute Gasteiger partial charge is 0.366 e. The third-order valence-corrected chi connectivity index (χ3v) is 5.55. The number of anilines is 3. The minimum absolute atomic E-state index is 0. The number of hydrogen-bond acceptors (Lipinski definition) is 5. The lowest BCUT2D eigenvalue weighted by Gasteiger charge is -2.38. The molecule has 0 saturated heterocycles. The summed E-state index contributed by atoms with van der Waals surface area (Å²) in [6.07, 6.45) is 3.77. The summed E-state index contributed by atoms with van der Waals surface area (Å²) in [5, 5.41) is 7.74. The van der Waals surface area contributed by atoms with Crippen LogP contribution >= 0.6 is 13.5 Å². The number of amides is 1. The Labute approximate surface area is 188 Å². The molecule has 9 heteroatoms. The van der Waals surface area contributed by atoms with Gasteiger partial charge >= 0.3 is 0 Å². The van der Waals surface area contributed by atoms with Crippen LogP contribution in [-0.2, 0) is 17.9 Å². The Kier molecular flexibility index (Phi) is 6.54. The van der Waals surface area contributed by atoms with E-state index in [-0.39, 0.29) is 31.3 Å². The summed E-state index contributed by atoms with van der Waals surface area (Å²) in [4.78, 5) is 20.7. The zero-order chi connectivity index (χ0) is 21.4. The van der Waals surface area contributed by atoms with Gasteiger partial charge in [-0.25, -0.2) is 9.37 Å². The van der Waals surface area contributed by atoms with Crippen LogP contribution in [0.25, 0.3) is 0 Å². The lowest BCUT2D eigenvalue weighted by molar-refractivity contribution is -0.119. The number of hydrogen-bond donors (Lipinski definition) is 1. The molecule has 0 radical (unpaired) electrons. The van der Waals surface area contributed by atoms with Crippen molar-refractivity contribution in [3.05, 3.63) is 65.4 Å². The zero-order valence-electron chi connectivity index (χ0n) is 18.1. The van der Waals surface area contributed by atoms with Gasteiger partial charge in [-0.2, -0.15) is 18.6 Å². The number of halogens is 1. The van der Waals surface area contributed by atoms with E-state index < -0.39 is 0 Å². The van der Waals surface area contributed by atoms with Crippen LogP contribution < -0.4 is 15.1 Å². The Balaban J connectivity index is 0.00000272. The van der Waals surface area contributed by atoms with Gasteiger partial charge < -0.3 is 15.1 Å². The molecule has 0 spiro atoms. The molecule has 164 valence electrons. The van der Waals surface area contributed by atoms with Crippen molar-refractivity contribution in [2.45, 2.75) is 33.0 Å². The fraction of sp³-hybridized carbons (Fsp3) is 0.318. The molecule has 3 aromatic rings. The van der Waals surface area contributed by atoms with Crippen molar-refractivity contribution in [1.82, 2.24) is 14.8 Å². The van der Waals surface area contributed by atoms with Crippen molar-refractivity contribution in [3.63, 3.8) is 0 Å². The molecule has 1 amide bonds. The van der Waals surface area contributed by atoms with E-state index in [9.17, 15) is 9.18 Å². The van der Waals surface area contributed by atoms with Crippen LogP contribution in [0.15, 0.2) is 42.7 Å². The Morgan fingerprint density at radius 3 is 2.58 bits per heavy atom. The van der Waals surface area contributed by atoms with Gasteiger partial charge in [-0.1, -0.05) is 12.1 Å². The lowest BCUT2D eigenvalue weighted by atomic mass is 10.1. The number of pyridine rings is 1. The van der Waals surface area contributed by atoms with E-state index in [2.05, 4.69) is 15.4 Å². The number of aromatic nitrogens is 3. The highest BCUT2D eigenvalue weighted by Gasteiger charge is 2.33. The predicted molar refractivity (Wildman–Crippen MR) is 126 cm³/mol. The van der Waals surface area contributed by atoms with Crippen molar-refractivity contribution in [1.29, 1.82) is 0 Å². The second-order valence-corrected chi connectivity index (χ2v) is 7.67. The van der Waals surface area contributed by atoms with Crippen molar-refractivity contribution in [2.24, 2.45) is 0 Å². The molecule has 7 nitrogen and oxygen atoms in total. The van der Waals surface area contributed by atoms with Crippen molar-refractivity contribution >= 4 is 36.6 Å². The van der Waals surface area contributed by atoms with E-state index in [0.717, 1.165) is 34.0 Å². The molecular formula is C22H27FN6OS. The number of carbonyl (C=O) groups is 1. The van der Waals surface area contributed by atoms with E-state index in [4.69, 9.17) is 0 Å². The normalized spacial score (nSPS) is 15.5. The number of nitrogens with one attached hydrogen (secondary N) is 1. The molecule has 1 atom stereocenters. The number of benzene rings is 1. The number of nitrogens with zero attached hydrogens (tertiary/aromatic N) is 5. The molecule has 4 rings (SSSR count). The van der Waals surface area contributed by atoms with E-state index in [0.29, 0.717) is 13.1 Å². The summed E-state index contributed by atoms with van der Waals surface area (Å²) < 4.78 is 14.9. The molecule has 2 aromatic heterocycles. The average Bonchev–Trinajstić information content (AvgIpc) is 3.17. The third kappa shape index (κ3) is 4.51. The molecule has 0 aliphatic carbocycles. The quantitative estimate of drug-likeness (QED) is 0.657. The number of carbonyl (C=O) groups excluding carboxylic acids is 1. The molecule has 0 fully saturated rings. The maximum absolute atomic E-state index is 13.1. The van der Waals surface area contributed by atoms with Crippen molar-refractivity contribution in [2.75, 3.05) is 29.2 Å². The highest BCUT2D eigenvalue weighted by Crippen LogP contribution is 2.37. The van der Waals surface area contributed by atoms with Gasteiger partial charge in [0, 0.05) is 38.5 Å². The molecule has 3 heterocycles. The van der Waals surface area contributed by atoms with Gasteiger partial charge in [-0.3, -0.25) is 9.48 Å². The second-order valence-electron chi connectivity index (χ2n) is 7.67. The van der Waals surface area contributed by atoms with Crippen LogP contribution in [0.1, 0.15) is 23.7 Å². The molecule has 1 aromatic carbocycles.